The van der Waals surface area contributed by atoms with Crippen LogP contribution in [0.15, 0.2) is 0 Å². The van der Waals surface area contributed by atoms with E-state index in [1.165, 1.54) is 19.3 Å². The molecule has 2 aliphatic rings. The van der Waals surface area contributed by atoms with E-state index in [-0.39, 0.29) is 0 Å². The summed E-state index contributed by atoms with van der Waals surface area (Å²) in [7, 11) is 1.79. The molecule has 2 fully saturated rings. The summed E-state index contributed by atoms with van der Waals surface area (Å²) in [5, 5.41) is 0. The van der Waals surface area contributed by atoms with Crippen molar-refractivity contribution in [3.05, 3.63) is 0 Å². The summed E-state index contributed by atoms with van der Waals surface area (Å²) < 4.78 is 10.9. The Kier molecular flexibility index (Phi) is 1.66. The van der Waals surface area contributed by atoms with Crippen LogP contribution >= 0.6 is 0 Å². The molecule has 1 saturated carbocycles. The lowest BCUT2D eigenvalue weighted by Crippen LogP contribution is -2.20. The fourth-order valence-electron chi connectivity index (χ4n) is 2.17. The van der Waals surface area contributed by atoms with Crippen LogP contribution in [-0.2, 0) is 9.47 Å². The summed E-state index contributed by atoms with van der Waals surface area (Å²) in [5.74, 6) is 0.713. The molecule has 1 saturated heterocycles. The standard InChI is InChI=1S/C8H14O2/c1-9-8-5-10-7-4-2-3-6(7)8/h6-8H,2-5H2,1H3/t6-,7+,8+/m0/s1. The first kappa shape index (κ1) is 6.62. The number of hydrogen-bond donors (Lipinski definition) is 0. The number of ether oxygens (including phenoxy) is 2. The fraction of sp³-hybridized carbons (Fsp3) is 1.00. The lowest BCUT2D eigenvalue weighted by Gasteiger charge is -2.12. The van der Waals surface area contributed by atoms with Crippen LogP contribution < -0.4 is 0 Å². The highest BCUT2D eigenvalue weighted by molar-refractivity contribution is 4.89. The molecule has 0 radical (unpaired) electrons. The van der Waals surface area contributed by atoms with E-state index in [0.29, 0.717) is 18.1 Å². The summed E-state index contributed by atoms with van der Waals surface area (Å²) >= 11 is 0. The molecule has 2 rings (SSSR count). The van der Waals surface area contributed by atoms with Crippen LogP contribution in [0.5, 0.6) is 0 Å². The molecule has 58 valence electrons. The molecule has 0 N–H and O–H groups in total. The van der Waals surface area contributed by atoms with Crippen LogP contribution in [-0.4, -0.2) is 25.9 Å². The van der Waals surface area contributed by atoms with E-state index in [1.807, 2.05) is 0 Å². The van der Waals surface area contributed by atoms with Gasteiger partial charge in [-0.2, -0.15) is 0 Å². The first-order valence-corrected chi connectivity index (χ1v) is 4.06. The predicted octanol–water partition coefficient (Wildman–Crippen LogP) is 1.20. The second kappa shape index (κ2) is 2.51. The third-order valence-electron chi connectivity index (χ3n) is 2.76. The zero-order valence-corrected chi connectivity index (χ0v) is 6.38. The molecule has 0 aromatic carbocycles. The molecule has 0 amide bonds. The monoisotopic (exact) mass is 142 g/mol. The summed E-state index contributed by atoms with van der Waals surface area (Å²) in [6, 6.07) is 0. The molecule has 1 heterocycles. The number of methoxy groups -OCH3 is 1. The normalized spacial score (nSPS) is 45.9. The molecule has 0 aromatic rings. The van der Waals surface area contributed by atoms with Gasteiger partial charge in [0.2, 0.25) is 0 Å². The lowest BCUT2D eigenvalue weighted by atomic mass is 10.0. The largest absolute Gasteiger partial charge is 0.379 e. The Bertz CT molecular complexity index is 124. The van der Waals surface area contributed by atoms with Gasteiger partial charge in [0, 0.05) is 13.0 Å². The zero-order chi connectivity index (χ0) is 6.97. The Morgan fingerprint density at radius 2 is 2.30 bits per heavy atom. The number of fused-ring (bicyclic) bond motifs is 1. The van der Waals surface area contributed by atoms with Crippen molar-refractivity contribution in [2.24, 2.45) is 5.92 Å². The van der Waals surface area contributed by atoms with Gasteiger partial charge in [0.25, 0.3) is 0 Å². The molecular formula is C8H14O2. The SMILES string of the molecule is CO[C@@H]1CO[C@@H]2CCC[C@H]12. The van der Waals surface area contributed by atoms with Crippen LogP contribution in [0, 0.1) is 5.92 Å². The van der Waals surface area contributed by atoms with Crippen molar-refractivity contribution in [3.63, 3.8) is 0 Å². The minimum absolute atomic E-state index is 0.396. The minimum Gasteiger partial charge on any atom is -0.379 e. The average Bonchev–Trinajstić information content (AvgIpc) is 2.44. The van der Waals surface area contributed by atoms with Gasteiger partial charge >= 0.3 is 0 Å². The molecule has 2 nitrogen and oxygen atoms in total. The maximum Gasteiger partial charge on any atom is 0.0857 e. The molecular weight excluding hydrogens is 128 g/mol. The highest BCUT2D eigenvalue weighted by Crippen LogP contribution is 2.36. The van der Waals surface area contributed by atoms with Crippen molar-refractivity contribution in [2.75, 3.05) is 13.7 Å². The fourth-order valence-corrected chi connectivity index (χ4v) is 2.17. The first-order chi connectivity index (χ1) is 4.92. The summed E-state index contributed by atoms with van der Waals surface area (Å²) in [6.07, 6.45) is 4.82. The maximum atomic E-state index is 5.56. The highest BCUT2D eigenvalue weighted by Gasteiger charge is 2.40. The molecule has 1 aliphatic carbocycles. The van der Waals surface area contributed by atoms with Gasteiger partial charge in [-0.1, -0.05) is 6.42 Å². The number of hydrogen-bond acceptors (Lipinski definition) is 2. The maximum absolute atomic E-state index is 5.56. The second-order valence-corrected chi connectivity index (χ2v) is 3.24. The first-order valence-electron chi connectivity index (χ1n) is 4.06. The van der Waals surface area contributed by atoms with Gasteiger partial charge in [-0.15, -0.1) is 0 Å². The molecule has 3 atom stereocenters. The molecule has 0 bridgehead atoms. The lowest BCUT2D eigenvalue weighted by molar-refractivity contribution is 0.0580. The van der Waals surface area contributed by atoms with Gasteiger partial charge < -0.3 is 9.47 Å². The van der Waals surface area contributed by atoms with Gasteiger partial charge in [0.1, 0.15) is 0 Å². The van der Waals surface area contributed by atoms with E-state index in [4.69, 9.17) is 9.47 Å². The van der Waals surface area contributed by atoms with E-state index < -0.39 is 0 Å². The van der Waals surface area contributed by atoms with E-state index in [9.17, 15) is 0 Å². The zero-order valence-electron chi connectivity index (χ0n) is 6.38. The van der Waals surface area contributed by atoms with Crippen molar-refractivity contribution in [1.29, 1.82) is 0 Å². The van der Waals surface area contributed by atoms with Gasteiger partial charge in [0.05, 0.1) is 18.8 Å². The Morgan fingerprint density at radius 3 is 3.10 bits per heavy atom. The Labute approximate surface area is 61.5 Å². The average molecular weight is 142 g/mol. The summed E-state index contributed by atoms with van der Waals surface area (Å²) in [6.45, 7) is 0.825. The molecule has 10 heavy (non-hydrogen) atoms. The predicted molar refractivity (Wildman–Crippen MR) is 37.9 cm³/mol. The van der Waals surface area contributed by atoms with Crippen molar-refractivity contribution in [1.82, 2.24) is 0 Å². The number of rotatable bonds is 1. The van der Waals surface area contributed by atoms with Gasteiger partial charge in [-0.25, -0.2) is 0 Å². The van der Waals surface area contributed by atoms with Crippen molar-refractivity contribution in [3.8, 4) is 0 Å². The molecule has 0 unspecified atom stereocenters. The smallest absolute Gasteiger partial charge is 0.0857 e. The van der Waals surface area contributed by atoms with Crippen molar-refractivity contribution >= 4 is 0 Å². The van der Waals surface area contributed by atoms with E-state index in [1.54, 1.807) is 7.11 Å². The van der Waals surface area contributed by atoms with E-state index in [2.05, 4.69) is 0 Å². The summed E-state index contributed by atoms with van der Waals surface area (Å²) in [5.41, 5.74) is 0. The Hall–Kier alpha value is -0.0800. The second-order valence-electron chi connectivity index (χ2n) is 3.24. The van der Waals surface area contributed by atoms with E-state index in [0.717, 1.165) is 6.61 Å². The Morgan fingerprint density at radius 1 is 1.40 bits per heavy atom. The molecule has 0 aromatic heterocycles. The third kappa shape index (κ3) is 0.867. The van der Waals surface area contributed by atoms with Crippen LogP contribution in [0.3, 0.4) is 0 Å². The van der Waals surface area contributed by atoms with E-state index >= 15 is 0 Å². The summed E-state index contributed by atoms with van der Waals surface area (Å²) in [4.78, 5) is 0. The van der Waals surface area contributed by atoms with Gasteiger partial charge in [0.15, 0.2) is 0 Å². The molecule has 0 spiro atoms. The topological polar surface area (TPSA) is 18.5 Å². The van der Waals surface area contributed by atoms with Crippen molar-refractivity contribution < 1.29 is 9.47 Å². The van der Waals surface area contributed by atoms with Crippen LogP contribution in [0.25, 0.3) is 0 Å². The van der Waals surface area contributed by atoms with Crippen molar-refractivity contribution in [2.45, 2.75) is 31.5 Å². The van der Waals surface area contributed by atoms with Crippen LogP contribution in [0.4, 0.5) is 0 Å². The minimum atomic E-state index is 0.396. The van der Waals surface area contributed by atoms with Crippen LogP contribution in [0.2, 0.25) is 0 Å². The Balaban J connectivity index is 2.01. The molecule has 1 aliphatic heterocycles. The third-order valence-corrected chi connectivity index (χ3v) is 2.76. The van der Waals surface area contributed by atoms with Crippen LogP contribution in [0.1, 0.15) is 19.3 Å². The molecule has 2 heteroatoms. The highest BCUT2D eigenvalue weighted by atomic mass is 16.5. The quantitative estimate of drug-likeness (QED) is 0.547. The van der Waals surface area contributed by atoms with Gasteiger partial charge in [-0.05, 0) is 12.8 Å². The van der Waals surface area contributed by atoms with Gasteiger partial charge in [-0.3, -0.25) is 0 Å².